The molecule has 2 atom stereocenters. The zero-order valence-corrected chi connectivity index (χ0v) is 14.6. The molecule has 0 aromatic heterocycles. The summed E-state index contributed by atoms with van der Waals surface area (Å²) in [4.78, 5) is 35.7. The minimum absolute atomic E-state index is 0.243. The van der Waals surface area contributed by atoms with Crippen LogP contribution in [0.2, 0.25) is 0 Å². The summed E-state index contributed by atoms with van der Waals surface area (Å²) in [5.74, 6) is -1.59. The summed E-state index contributed by atoms with van der Waals surface area (Å²) in [5.41, 5.74) is -3.00. The van der Waals surface area contributed by atoms with Crippen LogP contribution in [0.5, 0.6) is 0 Å². The Morgan fingerprint density at radius 1 is 1.39 bits per heavy atom. The van der Waals surface area contributed by atoms with Crippen molar-refractivity contribution in [3.63, 3.8) is 0 Å². The van der Waals surface area contributed by atoms with Gasteiger partial charge in [0.05, 0.1) is 12.0 Å². The van der Waals surface area contributed by atoms with Crippen molar-refractivity contribution in [3.8, 4) is 0 Å². The van der Waals surface area contributed by atoms with Crippen LogP contribution in [0.4, 0.5) is 0 Å². The zero-order chi connectivity index (χ0) is 17.9. The largest absolute Gasteiger partial charge is 0.463 e. The summed E-state index contributed by atoms with van der Waals surface area (Å²) >= 11 is 0. The number of ether oxygens (including phenoxy) is 3. The average molecular weight is 326 g/mol. The van der Waals surface area contributed by atoms with E-state index in [4.69, 9.17) is 14.2 Å². The molecule has 0 radical (unpaired) electrons. The van der Waals surface area contributed by atoms with Crippen molar-refractivity contribution in [1.29, 1.82) is 0 Å². The van der Waals surface area contributed by atoms with E-state index in [2.05, 4.69) is 6.58 Å². The Morgan fingerprint density at radius 3 is 2.43 bits per heavy atom. The van der Waals surface area contributed by atoms with Gasteiger partial charge in [0.25, 0.3) is 0 Å². The maximum absolute atomic E-state index is 12.5. The molecule has 1 saturated heterocycles. The molecule has 1 aliphatic rings. The van der Waals surface area contributed by atoms with E-state index in [1.165, 1.54) is 0 Å². The minimum atomic E-state index is -1.24. The standard InChI is InChI=1S/C17H26O6/c1-7-12(18)22-16(5,8-2)11-15(3,4)13(19)23-17(6)9-10-21-14(17)20/h7H,1,8-11H2,2-6H3. The van der Waals surface area contributed by atoms with Crippen molar-refractivity contribution in [2.75, 3.05) is 6.61 Å². The van der Waals surface area contributed by atoms with Crippen molar-refractivity contribution in [2.45, 2.75) is 65.1 Å². The molecular formula is C17H26O6. The number of carbonyl (C=O) groups is 3. The Hall–Kier alpha value is -1.85. The van der Waals surface area contributed by atoms with Crippen molar-refractivity contribution < 1.29 is 28.6 Å². The predicted molar refractivity (Wildman–Crippen MR) is 83.5 cm³/mol. The Morgan fingerprint density at radius 2 is 2.00 bits per heavy atom. The summed E-state index contributed by atoms with van der Waals surface area (Å²) in [6.07, 6.45) is 2.22. The van der Waals surface area contributed by atoms with Crippen LogP contribution in [0.3, 0.4) is 0 Å². The quantitative estimate of drug-likeness (QED) is 0.406. The molecule has 0 aromatic carbocycles. The molecule has 1 aliphatic heterocycles. The van der Waals surface area contributed by atoms with Crippen LogP contribution >= 0.6 is 0 Å². The Kier molecular flexibility index (Phi) is 5.61. The van der Waals surface area contributed by atoms with Gasteiger partial charge < -0.3 is 14.2 Å². The molecule has 1 rings (SSSR count). The predicted octanol–water partition coefficient (Wildman–Crippen LogP) is 2.55. The molecule has 1 heterocycles. The van der Waals surface area contributed by atoms with Crippen LogP contribution in [0.25, 0.3) is 0 Å². The second-order valence-electron chi connectivity index (χ2n) is 7.00. The second kappa shape index (κ2) is 6.72. The smallest absolute Gasteiger partial charge is 0.350 e. The summed E-state index contributed by atoms with van der Waals surface area (Å²) in [6.45, 7) is 12.2. The van der Waals surface area contributed by atoms with E-state index >= 15 is 0 Å². The van der Waals surface area contributed by atoms with Gasteiger partial charge in [-0.3, -0.25) is 4.79 Å². The van der Waals surface area contributed by atoms with E-state index < -0.39 is 34.5 Å². The number of esters is 3. The molecule has 0 aromatic rings. The minimum Gasteiger partial charge on any atom is -0.463 e. The molecule has 0 aliphatic carbocycles. The van der Waals surface area contributed by atoms with E-state index in [1.807, 2.05) is 6.92 Å². The third-order valence-corrected chi connectivity index (χ3v) is 4.19. The molecule has 6 heteroatoms. The number of hydrogen-bond donors (Lipinski definition) is 0. The van der Waals surface area contributed by atoms with Gasteiger partial charge in [-0.15, -0.1) is 0 Å². The maximum Gasteiger partial charge on any atom is 0.350 e. The molecule has 0 bridgehead atoms. The van der Waals surface area contributed by atoms with Gasteiger partial charge in [0.15, 0.2) is 0 Å². The van der Waals surface area contributed by atoms with Crippen LogP contribution in [0, 0.1) is 5.41 Å². The van der Waals surface area contributed by atoms with Gasteiger partial charge in [0.1, 0.15) is 5.60 Å². The molecule has 0 saturated carbocycles. The van der Waals surface area contributed by atoms with Crippen molar-refractivity contribution in [3.05, 3.63) is 12.7 Å². The Balaban J connectivity index is 2.83. The summed E-state index contributed by atoms with van der Waals surface area (Å²) in [6, 6.07) is 0. The van der Waals surface area contributed by atoms with E-state index in [-0.39, 0.29) is 13.0 Å². The lowest BCUT2D eigenvalue weighted by molar-refractivity contribution is -0.182. The van der Waals surface area contributed by atoms with Gasteiger partial charge in [-0.1, -0.05) is 13.5 Å². The van der Waals surface area contributed by atoms with Crippen LogP contribution in [-0.2, 0) is 28.6 Å². The molecular weight excluding hydrogens is 300 g/mol. The lowest BCUT2D eigenvalue weighted by atomic mass is 9.79. The molecule has 130 valence electrons. The average Bonchev–Trinajstić information content (AvgIpc) is 2.77. The maximum atomic E-state index is 12.5. The molecule has 0 spiro atoms. The van der Waals surface area contributed by atoms with Gasteiger partial charge in [0, 0.05) is 18.9 Å². The second-order valence-corrected chi connectivity index (χ2v) is 7.00. The number of rotatable bonds is 7. The topological polar surface area (TPSA) is 78.9 Å². The molecule has 2 unspecified atom stereocenters. The summed E-state index contributed by atoms with van der Waals surface area (Å²) in [5, 5.41) is 0. The highest BCUT2D eigenvalue weighted by molar-refractivity contribution is 5.86. The van der Waals surface area contributed by atoms with Gasteiger partial charge in [-0.25, -0.2) is 9.59 Å². The number of carbonyl (C=O) groups excluding carboxylic acids is 3. The molecule has 0 N–H and O–H groups in total. The van der Waals surface area contributed by atoms with Gasteiger partial charge in [-0.2, -0.15) is 0 Å². The van der Waals surface area contributed by atoms with Crippen LogP contribution in [0.1, 0.15) is 53.9 Å². The van der Waals surface area contributed by atoms with Gasteiger partial charge in [0.2, 0.25) is 5.60 Å². The van der Waals surface area contributed by atoms with Crippen LogP contribution in [0.15, 0.2) is 12.7 Å². The number of hydrogen-bond acceptors (Lipinski definition) is 6. The Bertz CT molecular complexity index is 509. The first-order valence-electron chi connectivity index (χ1n) is 7.74. The van der Waals surface area contributed by atoms with E-state index in [9.17, 15) is 14.4 Å². The van der Waals surface area contributed by atoms with Gasteiger partial charge in [-0.05, 0) is 34.1 Å². The van der Waals surface area contributed by atoms with E-state index in [0.717, 1.165) is 6.08 Å². The van der Waals surface area contributed by atoms with Crippen molar-refractivity contribution in [2.24, 2.45) is 5.41 Å². The SMILES string of the molecule is C=CC(=O)OC(C)(CC)CC(C)(C)C(=O)OC1(C)CCOC1=O. The first kappa shape index (κ1) is 19.2. The first-order valence-corrected chi connectivity index (χ1v) is 7.74. The van der Waals surface area contributed by atoms with Crippen LogP contribution < -0.4 is 0 Å². The molecule has 0 amide bonds. The first-order chi connectivity index (χ1) is 10.5. The third kappa shape index (κ3) is 4.56. The van der Waals surface area contributed by atoms with E-state index in [0.29, 0.717) is 12.8 Å². The number of cyclic esters (lactones) is 1. The fourth-order valence-corrected chi connectivity index (χ4v) is 2.55. The van der Waals surface area contributed by atoms with Crippen LogP contribution in [-0.4, -0.2) is 35.7 Å². The van der Waals surface area contributed by atoms with Crippen molar-refractivity contribution in [1.82, 2.24) is 0 Å². The Labute approximate surface area is 137 Å². The lowest BCUT2D eigenvalue weighted by Gasteiger charge is -2.36. The fraction of sp³-hybridized carbons (Fsp3) is 0.706. The zero-order valence-electron chi connectivity index (χ0n) is 14.6. The summed E-state index contributed by atoms with van der Waals surface area (Å²) < 4.78 is 15.7. The monoisotopic (exact) mass is 326 g/mol. The summed E-state index contributed by atoms with van der Waals surface area (Å²) in [7, 11) is 0. The van der Waals surface area contributed by atoms with Crippen molar-refractivity contribution >= 4 is 17.9 Å². The molecule has 6 nitrogen and oxygen atoms in total. The van der Waals surface area contributed by atoms with E-state index in [1.54, 1.807) is 27.7 Å². The normalized spacial score (nSPS) is 23.6. The highest BCUT2D eigenvalue weighted by Crippen LogP contribution is 2.36. The fourth-order valence-electron chi connectivity index (χ4n) is 2.55. The van der Waals surface area contributed by atoms with Gasteiger partial charge >= 0.3 is 17.9 Å². The lowest BCUT2D eigenvalue weighted by Crippen LogP contribution is -2.44. The molecule has 23 heavy (non-hydrogen) atoms. The highest BCUT2D eigenvalue weighted by atomic mass is 16.6. The third-order valence-electron chi connectivity index (χ3n) is 4.19. The highest BCUT2D eigenvalue weighted by Gasteiger charge is 2.48. The molecule has 1 fully saturated rings.